The minimum Gasteiger partial charge on any atom is -0.389 e. The van der Waals surface area contributed by atoms with Crippen molar-refractivity contribution < 1.29 is 14.6 Å². The van der Waals surface area contributed by atoms with Crippen LogP contribution in [0.3, 0.4) is 0 Å². The van der Waals surface area contributed by atoms with Gasteiger partial charge in [0.15, 0.2) is 0 Å². The van der Waals surface area contributed by atoms with Crippen LogP contribution < -0.4 is 0 Å². The van der Waals surface area contributed by atoms with Crippen LogP contribution in [0, 0.1) is 11.3 Å². The van der Waals surface area contributed by atoms with E-state index in [1.807, 2.05) is 6.07 Å². The van der Waals surface area contributed by atoms with Crippen molar-refractivity contribution in [2.75, 3.05) is 27.3 Å². The number of methoxy groups -OCH3 is 1. The second kappa shape index (κ2) is 6.35. The molecule has 1 unspecified atom stereocenters. The smallest absolute Gasteiger partial charge is 0.265 e. The number of ether oxygens (including phenoxy) is 1. The molecule has 1 heterocycles. The van der Waals surface area contributed by atoms with Crippen molar-refractivity contribution in [2.45, 2.75) is 6.10 Å². The summed E-state index contributed by atoms with van der Waals surface area (Å²) in [5, 5.41) is 20.0. The Morgan fingerprint density at radius 1 is 1.76 bits per heavy atom. The molecule has 1 amide bonds. The maximum atomic E-state index is 12.0. The normalized spacial score (nSPS) is 11.9. The highest BCUT2D eigenvalue weighted by atomic mass is 32.1. The van der Waals surface area contributed by atoms with Gasteiger partial charge in [-0.2, -0.15) is 5.26 Å². The predicted octanol–water partition coefficient (Wildman–Crippen LogP) is 0.699. The van der Waals surface area contributed by atoms with Gasteiger partial charge in [-0.1, -0.05) is 0 Å². The molecule has 0 aliphatic heterocycles. The van der Waals surface area contributed by atoms with Crippen molar-refractivity contribution in [3.8, 4) is 6.07 Å². The summed E-state index contributed by atoms with van der Waals surface area (Å²) in [7, 11) is 3.07. The molecule has 0 spiro atoms. The van der Waals surface area contributed by atoms with Crippen LogP contribution in [0.1, 0.15) is 15.2 Å². The number of nitrogens with zero attached hydrogens (tertiary/aromatic N) is 2. The van der Waals surface area contributed by atoms with Crippen molar-refractivity contribution in [1.29, 1.82) is 5.26 Å². The first-order valence-corrected chi connectivity index (χ1v) is 5.88. The van der Waals surface area contributed by atoms with Crippen LogP contribution in [0.2, 0.25) is 0 Å². The number of aliphatic hydroxyl groups is 1. The maximum Gasteiger partial charge on any atom is 0.265 e. The summed E-state index contributed by atoms with van der Waals surface area (Å²) < 4.78 is 4.78. The van der Waals surface area contributed by atoms with E-state index in [-0.39, 0.29) is 19.1 Å². The summed E-state index contributed by atoms with van der Waals surface area (Å²) in [5.74, 6) is -0.258. The number of hydrogen-bond donors (Lipinski definition) is 1. The van der Waals surface area contributed by atoms with Gasteiger partial charge in [-0.05, 0) is 11.4 Å². The fourth-order valence-corrected chi connectivity index (χ4v) is 2.22. The average Bonchev–Trinajstić information content (AvgIpc) is 2.76. The summed E-state index contributed by atoms with van der Waals surface area (Å²) in [6, 6.07) is 3.57. The number of thiophene rings is 1. The van der Waals surface area contributed by atoms with Gasteiger partial charge in [0.1, 0.15) is 10.9 Å². The second-order valence-corrected chi connectivity index (χ2v) is 4.49. The SMILES string of the molecule is COCC(O)CN(C)C(=O)c1sccc1C#N. The van der Waals surface area contributed by atoms with Crippen LogP contribution in [-0.2, 0) is 4.74 Å². The highest BCUT2D eigenvalue weighted by Gasteiger charge is 2.19. The molecule has 0 saturated heterocycles. The Kier molecular flexibility index (Phi) is 5.10. The van der Waals surface area contributed by atoms with Crippen LogP contribution in [0.5, 0.6) is 0 Å². The molecule has 0 fully saturated rings. The molecule has 17 heavy (non-hydrogen) atoms. The Morgan fingerprint density at radius 3 is 3.06 bits per heavy atom. The third-order valence-electron chi connectivity index (χ3n) is 2.17. The van der Waals surface area contributed by atoms with Crippen molar-refractivity contribution in [3.05, 3.63) is 21.9 Å². The molecule has 0 radical (unpaired) electrons. The number of hydrogen-bond acceptors (Lipinski definition) is 5. The summed E-state index contributed by atoms with van der Waals surface area (Å²) in [6.07, 6.45) is -0.723. The van der Waals surface area contributed by atoms with E-state index < -0.39 is 6.10 Å². The zero-order chi connectivity index (χ0) is 12.8. The lowest BCUT2D eigenvalue weighted by atomic mass is 10.2. The molecule has 1 atom stereocenters. The van der Waals surface area contributed by atoms with Crippen molar-refractivity contribution in [1.82, 2.24) is 4.90 Å². The van der Waals surface area contributed by atoms with E-state index in [4.69, 9.17) is 10.00 Å². The Labute approximate surface area is 104 Å². The Bertz CT molecular complexity index is 425. The van der Waals surface area contributed by atoms with E-state index in [0.717, 1.165) is 0 Å². The number of aliphatic hydroxyl groups excluding tert-OH is 1. The minimum atomic E-state index is -0.723. The molecule has 0 aliphatic rings. The molecule has 0 bridgehead atoms. The van der Waals surface area contributed by atoms with E-state index in [9.17, 15) is 9.90 Å². The number of nitriles is 1. The molecule has 0 aliphatic carbocycles. The number of carbonyl (C=O) groups is 1. The van der Waals surface area contributed by atoms with Crippen molar-refractivity contribution >= 4 is 17.2 Å². The van der Waals surface area contributed by atoms with E-state index in [2.05, 4.69) is 0 Å². The summed E-state index contributed by atoms with van der Waals surface area (Å²) in [6.45, 7) is 0.350. The van der Waals surface area contributed by atoms with Gasteiger partial charge in [0, 0.05) is 20.7 Å². The van der Waals surface area contributed by atoms with Gasteiger partial charge in [-0.15, -0.1) is 11.3 Å². The third-order valence-corrected chi connectivity index (χ3v) is 3.07. The topological polar surface area (TPSA) is 73.6 Å². The number of amides is 1. The van der Waals surface area contributed by atoms with E-state index >= 15 is 0 Å². The van der Waals surface area contributed by atoms with Gasteiger partial charge in [-0.3, -0.25) is 4.79 Å². The standard InChI is InChI=1S/C11H14N2O3S/c1-13(6-9(14)7-16-2)11(15)10-8(5-12)3-4-17-10/h3-4,9,14H,6-7H2,1-2H3. The third kappa shape index (κ3) is 3.53. The first kappa shape index (κ1) is 13.6. The van der Waals surface area contributed by atoms with Crippen LogP contribution in [0.4, 0.5) is 0 Å². The average molecular weight is 254 g/mol. The molecule has 6 heteroatoms. The molecular weight excluding hydrogens is 240 g/mol. The lowest BCUT2D eigenvalue weighted by Crippen LogP contribution is -2.36. The second-order valence-electron chi connectivity index (χ2n) is 3.57. The van der Waals surface area contributed by atoms with Gasteiger partial charge in [0.25, 0.3) is 5.91 Å². The van der Waals surface area contributed by atoms with Gasteiger partial charge in [-0.25, -0.2) is 0 Å². The molecule has 0 aromatic carbocycles. The molecule has 5 nitrogen and oxygen atoms in total. The Hall–Kier alpha value is -1.42. The molecule has 1 aromatic rings. The van der Waals surface area contributed by atoms with E-state index in [1.54, 1.807) is 18.5 Å². The first-order valence-electron chi connectivity index (χ1n) is 5.00. The van der Waals surface area contributed by atoms with Crippen LogP contribution in [0.25, 0.3) is 0 Å². The van der Waals surface area contributed by atoms with Crippen LogP contribution >= 0.6 is 11.3 Å². The monoisotopic (exact) mass is 254 g/mol. The minimum absolute atomic E-state index is 0.174. The van der Waals surface area contributed by atoms with E-state index in [0.29, 0.717) is 10.4 Å². The van der Waals surface area contributed by atoms with Crippen LogP contribution in [0.15, 0.2) is 11.4 Å². The lowest BCUT2D eigenvalue weighted by Gasteiger charge is -2.19. The molecule has 1 aromatic heterocycles. The summed E-state index contributed by atoms with van der Waals surface area (Å²) in [4.78, 5) is 13.7. The number of likely N-dealkylation sites (N-methyl/N-ethyl adjacent to an activating group) is 1. The fraction of sp³-hybridized carbons (Fsp3) is 0.455. The van der Waals surface area contributed by atoms with Crippen molar-refractivity contribution in [2.24, 2.45) is 0 Å². The Morgan fingerprint density at radius 2 is 2.47 bits per heavy atom. The zero-order valence-corrected chi connectivity index (χ0v) is 10.5. The Balaban J connectivity index is 2.68. The highest BCUT2D eigenvalue weighted by Crippen LogP contribution is 2.17. The fourth-order valence-electron chi connectivity index (χ4n) is 1.38. The molecule has 92 valence electrons. The lowest BCUT2D eigenvalue weighted by molar-refractivity contribution is 0.0382. The van der Waals surface area contributed by atoms with Gasteiger partial charge < -0.3 is 14.7 Å². The first-order chi connectivity index (χ1) is 8.10. The number of carbonyl (C=O) groups excluding carboxylic acids is 1. The largest absolute Gasteiger partial charge is 0.389 e. The molecule has 1 N–H and O–H groups in total. The van der Waals surface area contributed by atoms with Gasteiger partial charge in [0.05, 0.1) is 18.3 Å². The molecule has 0 saturated carbocycles. The van der Waals surface area contributed by atoms with Crippen LogP contribution in [-0.4, -0.2) is 49.3 Å². The van der Waals surface area contributed by atoms with Gasteiger partial charge in [0.2, 0.25) is 0 Å². The summed E-state index contributed by atoms with van der Waals surface area (Å²) >= 11 is 1.22. The van der Waals surface area contributed by atoms with E-state index in [1.165, 1.54) is 23.3 Å². The molecular formula is C11H14N2O3S. The zero-order valence-electron chi connectivity index (χ0n) is 9.71. The quantitative estimate of drug-likeness (QED) is 0.839. The predicted molar refractivity (Wildman–Crippen MR) is 63.9 cm³/mol. The number of rotatable bonds is 5. The van der Waals surface area contributed by atoms with Crippen molar-refractivity contribution in [3.63, 3.8) is 0 Å². The van der Waals surface area contributed by atoms with Gasteiger partial charge >= 0.3 is 0 Å². The maximum absolute atomic E-state index is 12.0. The molecule has 1 rings (SSSR count). The summed E-state index contributed by atoms with van der Waals surface area (Å²) in [5.41, 5.74) is 0.369. The highest BCUT2D eigenvalue weighted by molar-refractivity contribution is 7.12.